The molecule has 1 unspecified atom stereocenters. The molecule has 1 saturated heterocycles. The van der Waals surface area contributed by atoms with Gasteiger partial charge in [0.15, 0.2) is 0 Å². The molecule has 1 aromatic heterocycles. The van der Waals surface area contributed by atoms with Crippen LogP contribution in [0, 0.1) is 0 Å². The highest BCUT2D eigenvalue weighted by molar-refractivity contribution is 7.09. The highest BCUT2D eigenvalue weighted by Gasteiger charge is 2.28. The number of esters is 1. The quantitative estimate of drug-likeness (QED) is 0.874. The third kappa shape index (κ3) is 3.28. The second-order valence-corrected chi connectivity index (χ2v) is 5.71. The number of carbonyl (C=O) groups is 2. The van der Waals surface area contributed by atoms with Crippen LogP contribution in [0.25, 0.3) is 0 Å². The summed E-state index contributed by atoms with van der Waals surface area (Å²) >= 11 is 1.44. The minimum atomic E-state index is -0.545. The number of ether oxygens (including phenoxy) is 1. The predicted octanol–water partition coefficient (Wildman–Crippen LogP) is 1.78. The summed E-state index contributed by atoms with van der Waals surface area (Å²) in [5.41, 5.74) is 1.50. The number of nitrogens with zero attached hydrogens (tertiary/aromatic N) is 1. The molecule has 1 atom stereocenters. The second-order valence-electron chi connectivity index (χ2n) is 4.77. The molecule has 0 aliphatic carbocycles. The van der Waals surface area contributed by atoms with E-state index in [2.05, 4.69) is 10.3 Å². The monoisotopic (exact) mass is 302 g/mol. The SMILES string of the molecule is O=C(NC1CCOC1=O)c1csc(Cc2ccccc2)n1. The maximum absolute atomic E-state index is 12.0. The van der Waals surface area contributed by atoms with Gasteiger partial charge < -0.3 is 10.1 Å². The van der Waals surface area contributed by atoms with Crippen molar-refractivity contribution in [3.05, 3.63) is 52.0 Å². The molecule has 0 spiro atoms. The van der Waals surface area contributed by atoms with Gasteiger partial charge in [-0.3, -0.25) is 4.79 Å². The minimum Gasteiger partial charge on any atom is -0.464 e. The zero-order chi connectivity index (χ0) is 14.7. The minimum absolute atomic E-state index is 0.325. The Balaban J connectivity index is 1.64. The molecular weight excluding hydrogens is 288 g/mol. The molecule has 108 valence electrons. The van der Waals surface area contributed by atoms with Gasteiger partial charge in [0.2, 0.25) is 0 Å². The van der Waals surface area contributed by atoms with Crippen LogP contribution in [0.15, 0.2) is 35.7 Å². The Morgan fingerprint density at radius 1 is 1.38 bits per heavy atom. The molecule has 1 N–H and O–H groups in total. The van der Waals surface area contributed by atoms with Gasteiger partial charge in [-0.15, -0.1) is 11.3 Å². The van der Waals surface area contributed by atoms with Crippen molar-refractivity contribution in [3.63, 3.8) is 0 Å². The number of hydrogen-bond donors (Lipinski definition) is 1. The van der Waals surface area contributed by atoms with E-state index in [1.54, 1.807) is 5.38 Å². The summed E-state index contributed by atoms with van der Waals surface area (Å²) in [7, 11) is 0. The van der Waals surface area contributed by atoms with Gasteiger partial charge in [0, 0.05) is 18.2 Å². The normalized spacial score (nSPS) is 17.5. The number of rotatable bonds is 4. The van der Waals surface area contributed by atoms with E-state index in [-0.39, 0.29) is 11.9 Å². The summed E-state index contributed by atoms with van der Waals surface area (Å²) in [6, 6.07) is 9.41. The first-order valence-electron chi connectivity index (χ1n) is 6.68. The fourth-order valence-electron chi connectivity index (χ4n) is 2.13. The smallest absolute Gasteiger partial charge is 0.328 e. The van der Waals surface area contributed by atoms with E-state index in [9.17, 15) is 9.59 Å². The summed E-state index contributed by atoms with van der Waals surface area (Å²) in [6.45, 7) is 0.361. The number of hydrogen-bond acceptors (Lipinski definition) is 5. The van der Waals surface area contributed by atoms with Crippen molar-refractivity contribution in [2.45, 2.75) is 18.9 Å². The highest BCUT2D eigenvalue weighted by atomic mass is 32.1. The molecule has 21 heavy (non-hydrogen) atoms. The number of nitrogens with one attached hydrogen (secondary N) is 1. The van der Waals surface area contributed by atoms with E-state index in [0.717, 1.165) is 10.6 Å². The lowest BCUT2D eigenvalue weighted by molar-refractivity contribution is -0.139. The van der Waals surface area contributed by atoms with Crippen LogP contribution in [-0.4, -0.2) is 29.5 Å². The van der Waals surface area contributed by atoms with Crippen LogP contribution < -0.4 is 5.32 Å². The highest BCUT2D eigenvalue weighted by Crippen LogP contribution is 2.15. The van der Waals surface area contributed by atoms with E-state index in [1.165, 1.54) is 11.3 Å². The van der Waals surface area contributed by atoms with Crippen molar-refractivity contribution < 1.29 is 14.3 Å². The van der Waals surface area contributed by atoms with E-state index in [0.29, 0.717) is 25.1 Å². The van der Waals surface area contributed by atoms with Gasteiger partial charge in [0.1, 0.15) is 11.7 Å². The van der Waals surface area contributed by atoms with Crippen molar-refractivity contribution in [3.8, 4) is 0 Å². The third-order valence-corrected chi connectivity index (χ3v) is 4.07. The van der Waals surface area contributed by atoms with Gasteiger partial charge in [0.25, 0.3) is 5.91 Å². The van der Waals surface area contributed by atoms with Crippen LogP contribution >= 0.6 is 11.3 Å². The van der Waals surface area contributed by atoms with Gasteiger partial charge in [-0.05, 0) is 5.56 Å². The van der Waals surface area contributed by atoms with E-state index in [1.807, 2.05) is 30.3 Å². The molecule has 1 aliphatic rings. The molecule has 3 rings (SSSR count). The Hall–Kier alpha value is -2.21. The van der Waals surface area contributed by atoms with Crippen molar-refractivity contribution >= 4 is 23.2 Å². The fraction of sp³-hybridized carbons (Fsp3) is 0.267. The second kappa shape index (κ2) is 6.05. The summed E-state index contributed by atoms with van der Waals surface area (Å²) in [5, 5.41) is 5.24. The maximum Gasteiger partial charge on any atom is 0.328 e. The predicted molar refractivity (Wildman–Crippen MR) is 78.2 cm³/mol. The molecule has 2 aromatic rings. The van der Waals surface area contributed by atoms with Crippen LogP contribution in [0.1, 0.15) is 27.5 Å². The number of amides is 1. The van der Waals surface area contributed by atoms with Gasteiger partial charge in [-0.25, -0.2) is 9.78 Å². The molecule has 2 heterocycles. The van der Waals surface area contributed by atoms with Gasteiger partial charge in [-0.2, -0.15) is 0 Å². The zero-order valence-corrected chi connectivity index (χ0v) is 12.1. The van der Waals surface area contributed by atoms with Crippen LogP contribution in [0.3, 0.4) is 0 Å². The first kappa shape index (κ1) is 13.8. The standard InChI is InChI=1S/C15H14N2O3S/c18-14(17-11-6-7-20-15(11)19)12-9-21-13(16-12)8-10-4-2-1-3-5-10/h1-5,9,11H,6-8H2,(H,17,18). The maximum atomic E-state index is 12.0. The number of aromatic nitrogens is 1. The molecule has 1 aliphatic heterocycles. The van der Waals surface area contributed by atoms with Crippen LogP contribution in [0.5, 0.6) is 0 Å². The molecule has 0 radical (unpaired) electrons. The lowest BCUT2D eigenvalue weighted by Crippen LogP contribution is -2.38. The lowest BCUT2D eigenvalue weighted by Gasteiger charge is -2.06. The Morgan fingerprint density at radius 2 is 2.19 bits per heavy atom. The summed E-state index contributed by atoms with van der Waals surface area (Å²) in [5.74, 6) is -0.697. The van der Waals surface area contributed by atoms with Crippen LogP contribution in [0.4, 0.5) is 0 Å². The molecule has 1 fully saturated rings. The van der Waals surface area contributed by atoms with E-state index in [4.69, 9.17) is 4.74 Å². The zero-order valence-electron chi connectivity index (χ0n) is 11.2. The van der Waals surface area contributed by atoms with Crippen molar-refractivity contribution in [1.82, 2.24) is 10.3 Å². The average molecular weight is 302 g/mol. The third-order valence-electron chi connectivity index (χ3n) is 3.22. The van der Waals surface area contributed by atoms with Crippen LogP contribution in [-0.2, 0) is 16.0 Å². The Morgan fingerprint density at radius 3 is 2.90 bits per heavy atom. The van der Waals surface area contributed by atoms with Crippen molar-refractivity contribution in [2.75, 3.05) is 6.61 Å². The number of benzene rings is 1. The number of cyclic esters (lactones) is 1. The largest absolute Gasteiger partial charge is 0.464 e. The van der Waals surface area contributed by atoms with Crippen molar-refractivity contribution in [2.24, 2.45) is 0 Å². The molecule has 0 saturated carbocycles. The summed E-state index contributed by atoms with van der Waals surface area (Å²) in [4.78, 5) is 27.7. The topological polar surface area (TPSA) is 68.3 Å². The average Bonchev–Trinajstić information content (AvgIpc) is 3.10. The first-order chi connectivity index (χ1) is 10.2. The lowest BCUT2D eigenvalue weighted by atomic mass is 10.2. The Bertz CT molecular complexity index is 654. The van der Waals surface area contributed by atoms with Crippen LogP contribution in [0.2, 0.25) is 0 Å². The number of thiazole rings is 1. The van der Waals surface area contributed by atoms with Crippen molar-refractivity contribution in [1.29, 1.82) is 0 Å². The molecule has 5 nitrogen and oxygen atoms in total. The fourth-order valence-corrected chi connectivity index (χ4v) is 2.93. The molecule has 1 aromatic carbocycles. The number of carbonyl (C=O) groups excluding carboxylic acids is 2. The summed E-state index contributed by atoms with van der Waals surface area (Å²) in [6.07, 6.45) is 1.22. The van der Waals surface area contributed by atoms with Gasteiger partial charge >= 0.3 is 5.97 Å². The Labute approximate surface area is 126 Å². The Kier molecular flexibility index (Phi) is 3.96. The summed E-state index contributed by atoms with van der Waals surface area (Å²) < 4.78 is 4.81. The molecule has 1 amide bonds. The molecule has 6 heteroatoms. The van der Waals surface area contributed by atoms with E-state index < -0.39 is 6.04 Å². The van der Waals surface area contributed by atoms with E-state index >= 15 is 0 Å². The van der Waals surface area contributed by atoms with Gasteiger partial charge in [0.05, 0.1) is 11.6 Å². The molecule has 0 bridgehead atoms. The van der Waals surface area contributed by atoms with Gasteiger partial charge in [-0.1, -0.05) is 30.3 Å². The first-order valence-corrected chi connectivity index (χ1v) is 7.56. The molecular formula is C15H14N2O3S.